The molecule has 0 bridgehead atoms. The maximum atomic E-state index is 14.8. The van der Waals surface area contributed by atoms with Crippen LogP contribution >= 0.6 is 0 Å². The Kier molecular flexibility index (Phi) is 13.2. The van der Waals surface area contributed by atoms with E-state index in [0.717, 1.165) is 11.1 Å². The third-order valence-electron chi connectivity index (χ3n) is 8.58. The lowest BCUT2D eigenvalue weighted by atomic mass is 9.96. The van der Waals surface area contributed by atoms with E-state index in [1.54, 1.807) is 53.4 Å². The van der Waals surface area contributed by atoms with Gasteiger partial charge in [0.25, 0.3) is 5.91 Å². The normalized spacial score (nSPS) is 10.5. The van der Waals surface area contributed by atoms with Crippen LogP contribution in [0, 0.1) is 0 Å². The summed E-state index contributed by atoms with van der Waals surface area (Å²) in [4.78, 5) is 57.6. The van der Waals surface area contributed by atoms with Gasteiger partial charge in [0, 0.05) is 13.1 Å². The van der Waals surface area contributed by atoms with E-state index in [2.05, 4.69) is 6.58 Å². The summed E-state index contributed by atoms with van der Waals surface area (Å²) >= 11 is 0. The van der Waals surface area contributed by atoms with Crippen LogP contribution in [-0.4, -0.2) is 35.3 Å². The molecule has 280 valence electrons. The first-order chi connectivity index (χ1) is 27.4. The number of nitrogens with zero attached hydrogens (tertiary/aromatic N) is 1. The monoisotopic (exact) mass is 745 g/mol. The molecule has 0 aliphatic carbocycles. The number of rotatable bonds is 16. The molecule has 0 saturated heterocycles. The molecule has 0 spiro atoms. The number of carbonyl (C=O) groups excluding carboxylic acids is 4. The van der Waals surface area contributed by atoms with Gasteiger partial charge < -0.3 is 23.8 Å². The van der Waals surface area contributed by atoms with Crippen molar-refractivity contribution in [1.29, 1.82) is 0 Å². The molecule has 9 heteroatoms. The predicted octanol–water partition coefficient (Wildman–Crippen LogP) is 9.38. The zero-order valence-electron chi connectivity index (χ0n) is 30.5. The number of benzene rings is 6. The van der Waals surface area contributed by atoms with Crippen LogP contribution < -0.4 is 4.74 Å². The van der Waals surface area contributed by atoms with Gasteiger partial charge in [-0.15, -0.1) is 0 Å². The highest BCUT2D eigenvalue weighted by molar-refractivity contribution is 6.11. The Morgan fingerprint density at radius 3 is 1.36 bits per heavy atom. The van der Waals surface area contributed by atoms with Gasteiger partial charge in [0.15, 0.2) is 0 Å². The van der Waals surface area contributed by atoms with Crippen LogP contribution in [0.15, 0.2) is 170 Å². The topological polar surface area (TPSA) is 108 Å². The summed E-state index contributed by atoms with van der Waals surface area (Å²) < 4.78 is 22.6. The fourth-order valence-electron chi connectivity index (χ4n) is 5.78. The van der Waals surface area contributed by atoms with E-state index in [1.807, 2.05) is 97.1 Å². The van der Waals surface area contributed by atoms with Gasteiger partial charge >= 0.3 is 17.9 Å². The highest BCUT2D eigenvalue weighted by atomic mass is 16.5. The number of esters is 3. The van der Waals surface area contributed by atoms with Crippen molar-refractivity contribution in [2.75, 3.05) is 6.61 Å². The molecular formula is C47H39NO8. The zero-order valence-corrected chi connectivity index (χ0v) is 30.5. The molecule has 1 amide bonds. The molecule has 0 radical (unpaired) electrons. The van der Waals surface area contributed by atoms with E-state index < -0.39 is 23.8 Å². The van der Waals surface area contributed by atoms with Gasteiger partial charge in [0.1, 0.15) is 31.3 Å². The Balaban J connectivity index is 1.39. The Morgan fingerprint density at radius 1 is 0.464 bits per heavy atom. The molecule has 0 aromatic heterocycles. The van der Waals surface area contributed by atoms with Crippen LogP contribution in [0.5, 0.6) is 11.5 Å². The van der Waals surface area contributed by atoms with Crippen LogP contribution in [0.4, 0.5) is 0 Å². The molecule has 56 heavy (non-hydrogen) atoms. The van der Waals surface area contributed by atoms with Crippen LogP contribution in [0.25, 0.3) is 0 Å². The molecule has 0 N–H and O–H groups in total. The minimum absolute atomic E-state index is 0.102. The maximum absolute atomic E-state index is 14.8. The average Bonchev–Trinajstić information content (AvgIpc) is 3.25. The molecule has 6 aromatic rings. The van der Waals surface area contributed by atoms with Crippen molar-refractivity contribution >= 4 is 23.8 Å². The lowest BCUT2D eigenvalue weighted by Gasteiger charge is -2.25. The van der Waals surface area contributed by atoms with Crippen LogP contribution in [-0.2, 0) is 40.5 Å². The van der Waals surface area contributed by atoms with Crippen molar-refractivity contribution < 1.29 is 38.1 Å². The third kappa shape index (κ3) is 10.4. The molecule has 6 aromatic carbocycles. The van der Waals surface area contributed by atoms with Gasteiger partial charge in [0.05, 0.1) is 22.3 Å². The molecular weight excluding hydrogens is 707 g/mol. The fraction of sp³-hybridized carbons (Fsp3) is 0.106. The first kappa shape index (κ1) is 38.5. The molecule has 0 saturated carbocycles. The Morgan fingerprint density at radius 2 is 0.857 bits per heavy atom. The zero-order chi connectivity index (χ0) is 39.1. The van der Waals surface area contributed by atoms with Crippen molar-refractivity contribution in [2.45, 2.75) is 26.3 Å². The van der Waals surface area contributed by atoms with Gasteiger partial charge in [-0.2, -0.15) is 0 Å². The summed E-state index contributed by atoms with van der Waals surface area (Å²) in [5.41, 5.74) is 2.12. The second-order valence-corrected chi connectivity index (χ2v) is 12.7. The number of para-hydroxylation sites is 1. The number of amides is 1. The summed E-state index contributed by atoms with van der Waals surface area (Å²) in [5.74, 6) is -1.97. The smallest absolute Gasteiger partial charge is 0.339 e. The quantitative estimate of drug-likeness (QED) is 0.0548. The van der Waals surface area contributed by atoms with Crippen molar-refractivity contribution in [3.8, 4) is 11.5 Å². The van der Waals surface area contributed by atoms with E-state index in [-0.39, 0.29) is 55.2 Å². The third-order valence-corrected chi connectivity index (χ3v) is 8.58. The van der Waals surface area contributed by atoms with Gasteiger partial charge in [-0.25, -0.2) is 14.4 Å². The number of carbonyl (C=O) groups is 4. The van der Waals surface area contributed by atoms with Crippen LogP contribution in [0.2, 0.25) is 0 Å². The summed E-state index contributed by atoms with van der Waals surface area (Å²) in [7, 11) is 0. The van der Waals surface area contributed by atoms with E-state index >= 15 is 0 Å². The van der Waals surface area contributed by atoms with Crippen molar-refractivity contribution in [2.24, 2.45) is 0 Å². The first-order valence-corrected chi connectivity index (χ1v) is 17.9. The summed E-state index contributed by atoms with van der Waals surface area (Å²) in [6.45, 7) is 3.53. The van der Waals surface area contributed by atoms with Gasteiger partial charge in [-0.05, 0) is 58.7 Å². The van der Waals surface area contributed by atoms with Crippen molar-refractivity contribution in [3.05, 3.63) is 215 Å². The SMILES string of the molecule is C=CCOC(=O)c1cc(C(=O)OCc2ccccc2)c(C(=O)OCc2ccccc2)cc1C(=O)N(Cc1ccccc1)Cc1ccc(Oc2ccccc2)cc1. The minimum atomic E-state index is -0.892. The first-order valence-electron chi connectivity index (χ1n) is 17.9. The molecule has 0 aliphatic rings. The van der Waals surface area contributed by atoms with E-state index in [9.17, 15) is 19.2 Å². The summed E-state index contributed by atoms with van der Waals surface area (Å²) in [6, 6.07) is 46.5. The number of hydrogen-bond acceptors (Lipinski definition) is 8. The predicted molar refractivity (Wildman–Crippen MR) is 211 cm³/mol. The molecule has 0 aliphatic heterocycles. The minimum Gasteiger partial charge on any atom is -0.458 e. The van der Waals surface area contributed by atoms with E-state index in [1.165, 1.54) is 18.2 Å². The van der Waals surface area contributed by atoms with Gasteiger partial charge in [-0.1, -0.05) is 134 Å². The molecule has 0 atom stereocenters. The Hall–Kier alpha value is -7.26. The number of ether oxygens (including phenoxy) is 4. The van der Waals surface area contributed by atoms with Crippen LogP contribution in [0.3, 0.4) is 0 Å². The molecule has 0 unspecified atom stereocenters. The van der Waals surface area contributed by atoms with Crippen molar-refractivity contribution in [1.82, 2.24) is 4.90 Å². The lowest BCUT2D eigenvalue weighted by molar-refractivity contribution is 0.0423. The largest absolute Gasteiger partial charge is 0.458 e. The lowest BCUT2D eigenvalue weighted by Crippen LogP contribution is -2.32. The summed E-state index contributed by atoms with van der Waals surface area (Å²) in [6.07, 6.45) is 1.39. The second-order valence-electron chi connectivity index (χ2n) is 12.7. The molecule has 0 fully saturated rings. The Bertz CT molecular complexity index is 2260. The van der Waals surface area contributed by atoms with Gasteiger partial charge in [-0.3, -0.25) is 4.79 Å². The van der Waals surface area contributed by atoms with E-state index in [4.69, 9.17) is 18.9 Å². The Labute approximate surface area is 325 Å². The van der Waals surface area contributed by atoms with E-state index in [0.29, 0.717) is 22.6 Å². The highest BCUT2D eigenvalue weighted by Gasteiger charge is 2.30. The average molecular weight is 746 g/mol. The maximum Gasteiger partial charge on any atom is 0.339 e. The standard InChI is InChI=1S/C47H39NO8/c1-2-27-53-45(50)41-29-43(47(52)55-33-37-19-11-5-12-20-37)42(46(51)54-32-36-17-9-4-10-18-36)28-40(41)44(49)48(30-34-15-7-3-8-16-34)31-35-23-25-39(26-24-35)56-38-21-13-6-14-22-38/h2-26,28-29H,1,27,30-33H2. The van der Waals surface area contributed by atoms with Crippen LogP contribution in [0.1, 0.15) is 63.7 Å². The fourth-order valence-corrected chi connectivity index (χ4v) is 5.78. The van der Waals surface area contributed by atoms with Crippen molar-refractivity contribution in [3.63, 3.8) is 0 Å². The number of hydrogen-bond donors (Lipinski definition) is 0. The van der Waals surface area contributed by atoms with Gasteiger partial charge in [0.2, 0.25) is 0 Å². The highest BCUT2D eigenvalue weighted by Crippen LogP contribution is 2.26. The second kappa shape index (κ2) is 19.2. The molecule has 6 rings (SSSR count). The molecule has 9 nitrogen and oxygen atoms in total. The summed E-state index contributed by atoms with van der Waals surface area (Å²) in [5, 5.41) is 0. The molecule has 0 heterocycles.